The van der Waals surface area contributed by atoms with Crippen molar-refractivity contribution in [2.24, 2.45) is 5.92 Å². The SMILES string of the molecule is CCN(CC)CCNC(=O)C1CCCN(c2nc3c(-c4ccccc4)csc3c(=O)[nH]2)C1. The minimum absolute atomic E-state index is 0.0887. The van der Waals surface area contributed by atoms with Gasteiger partial charge in [-0.1, -0.05) is 44.2 Å². The normalized spacial score (nSPS) is 16.6. The van der Waals surface area contributed by atoms with Crippen molar-refractivity contribution in [2.75, 3.05) is 44.2 Å². The van der Waals surface area contributed by atoms with Crippen molar-refractivity contribution >= 4 is 33.4 Å². The Morgan fingerprint density at radius 1 is 1.28 bits per heavy atom. The molecule has 7 nitrogen and oxygen atoms in total. The van der Waals surface area contributed by atoms with Crippen molar-refractivity contribution in [3.8, 4) is 11.1 Å². The quantitative estimate of drug-likeness (QED) is 0.547. The van der Waals surface area contributed by atoms with Gasteiger partial charge in [0.15, 0.2) is 0 Å². The summed E-state index contributed by atoms with van der Waals surface area (Å²) in [4.78, 5) is 37.7. The second kappa shape index (κ2) is 10.3. The number of nitrogens with zero attached hydrogens (tertiary/aromatic N) is 3. The van der Waals surface area contributed by atoms with Gasteiger partial charge in [-0.05, 0) is 31.5 Å². The Morgan fingerprint density at radius 3 is 2.81 bits per heavy atom. The Balaban J connectivity index is 1.50. The molecule has 1 fully saturated rings. The molecule has 2 N–H and O–H groups in total. The highest BCUT2D eigenvalue weighted by Gasteiger charge is 2.27. The molecule has 4 rings (SSSR count). The molecule has 1 aromatic carbocycles. The van der Waals surface area contributed by atoms with Crippen LogP contribution >= 0.6 is 11.3 Å². The maximum Gasteiger partial charge on any atom is 0.270 e. The predicted molar refractivity (Wildman–Crippen MR) is 131 cm³/mol. The maximum absolute atomic E-state index is 12.8. The number of H-pyrrole nitrogens is 1. The van der Waals surface area contributed by atoms with E-state index in [1.54, 1.807) is 0 Å². The molecule has 1 aliphatic rings. The van der Waals surface area contributed by atoms with E-state index >= 15 is 0 Å². The number of hydrogen-bond donors (Lipinski definition) is 2. The molecule has 32 heavy (non-hydrogen) atoms. The molecule has 0 radical (unpaired) electrons. The number of hydrogen-bond acceptors (Lipinski definition) is 6. The van der Waals surface area contributed by atoms with Crippen LogP contribution in [0, 0.1) is 5.92 Å². The Hall–Kier alpha value is -2.71. The molecular weight excluding hydrogens is 422 g/mol. The van der Waals surface area contributed by atoms with Crippen molar-refractivity contribution in [3.63, 3.8) is 0 Å². The van der Waals surface area contributed by atoms with Crippen molar-refractivity contribution < 1.29 is 4.79 Å². The topological polar surface area (TPSA) is 81.3 Å². The zero-order chi connectivity index (χ0) is 22.5. The predicted octanol–water partition coefficient (Wildman–Crippen LogP) is 3.33. The molecular formula is C24H31N5O2S. The first kappa shape index (κ1) is 22.5. The van der Waals surface area contributed by atoms with E-state index in [2.05, 4.69) is 29.0 Å². The number of likely N-dealkylation sites (N-methyl/N-ethyl adjacent to an activating group) is 1. The van der Waals surface area contributed by atoms with E-state index in [4.69, 9.17) is 4.98 Å². The third kappa shape index (κ3) is 4.86. The lowest BCUT2D eigenvalue weighted by Crippen LogP contribution is -2.45. The van der Waals surface area contributed by atoms with Crippen LogP contribution in [0.2, 0.25) is 0 Å². The number of aromatic amines is 1. The Morgan fingerprint density at radius 2 is 2.06 bits per heavy atom. The van der Waals surface area contributed by atoms with Crippen LogP contribution in [0.4, 0.5) is 5.95 Å². The van der Waals surface area contributed by atoms with Gasteiger partial charge in [0.05, 0.1) is 11.4 Å². The zero-order valence-corrected chi connectivity index (χ0v) is 19.6. The van der Waals surface area contributed by atoms with Crippen LogP contribution in [0.1, 0.15) is 26.7 Å². The van der Waals surface area contributed by atoms with Gasteiger partial charge in [0, 0.05) is 37.1 Å². The summed E-state index contributed by atoms with van der Waals surface area (Å²) in [6, 6.07) is 10.0. The summed E-state index contributed by atoms with van der Waals surface area (Å²) in [6.45, 7) is 9.10. The van der Waals surface area contributed by atoms with Gasteiger partial charge in [-0.15, -0.1) is 11.3 Å². The number of anilines is 1. The lowest BCUT2D eigenvalue weighted by molar-refractivity contribution is -0.125. The molecule has 3 aromatic rings. The fourth-order valence-corrected chi connectivity index (χ4v) is 5.20. The highest BCUT2D eigenvalue weighted by molar-refractivity contribution is 7.17. The number of carbonyl (C=O) groups excluding carboxylic acids is 1. The first-order chi connectivity index (χ1) is 15.6. The highest BCUT2D eigenvalue weighted by atomic mass is 32.1. The third-order valence-electron chi connectivity index (χ3n) is 6.21. The van der Waals surface area contributed by atoms with Crippen molar-refractivity contribution in [3.05, 3.63) is 46.1 Å². The van der Waals surface area contributed by atoms with E-state index < -0.39 is 0 Å². The molecule has 1 amide bonds. The second-order valence-electron chi connectivity index (χ2n) is 8.19. The van der Waals surface area contributed by atoms with E-state index in [1.165, 1.54) is 11.3 Å². The van der Waals surface area contributed by atoms with Gasteiger partial charge in [0.2, 0.25) is 11.9 Å². The minimum atomic E-state index is -0.122. The molecule has 8 heteroatoms. The van der Waals surface area contributed by atoms with E-state index in [-0.39, 0.29) is 17.4 Å². The summed E-state index contributed by atoms with van der Waals surface area (Å²) >= 11 is 1.42. The number of rotatable bonds is 8. The fourth-order valence-electron chi connectivity index (χ4n) is 4.29. The van der Waals surface area contributed by atoms with Crippen LogP contribution in [-0.2, 0) is 4.79 Å². The summed E-state index contributed by atoms with van der Waals surface area (Å²) in [5.41, 5.74) is 2.63. The van der Waals surface area contributed by atoms with Gasteiger partial charge in [-0.3, -0.25) is 14.6 Å². The van der Waals surface area contributed by atoms with Gasteiger partial charge in [0.1, 0.15) is 4.70 Å². The van der Waals surface area contributed by atoms with Gasteiger partial charge in [-0.25, -0.2) is 4.98 Å². The van der Waals surface area contributed by atoms with Crippen molar-refractivity contribution in [1.82, 2.24) is 20.2 Å². The molecule has 0 bridgehead atoms. The van der Waals surface area contributed by atoms with E-state index in [9.17, 15) is 9.59 Å². The number of piperidine rings is 1. The van der Waals surface area contributed by atoms with E-state index in [0.29, 0.717) is 23.7 Å². The third-order valence-corrected chi connectivity index (χ3v) is 7.18. The standard InChI is InChI=1S/C24H31N5O2S/c1-3-28(4-2)14-12-25-22(30)18-11-8-13-29(15-18)24-26-20-19(17-9-6-5-7-10-17)16-32-21(20)23(31)27-24/h5-7,9-10,16,18H,3-4,8,11-15H2,1-2H3,(H,25,30)(H,26,27,31). The summed E-state index contributed by atoms with van der Waals surface area (Å²) < 4.78 is 0.635. The van der Waals surface area contributed by atoms with E-state index in [0.717, 1.165) is 55.7 Å². The molecule has 170 valence electrons. The smallest absolute Gasteiger partial charge is 0.270 e. The molecule has 0 spiro atoms. The molecule has 0 saturated carbocycles. The number of nitrogens with one attached hydrogen (secondary N) is 2. The Kier molecular flexibility index (Phi) is 7.22. The van der Waals surface area contributed by atoms with Crippen LogP contribution in [0.5, 0.6) is 0 Å². The van der Waals surface area contributed by atoms with Crippen LogP contribution in [0.15, 0.2) is 40.5 Å². The maximum atomic E-state index is 12.8. The number of aromatic nitrogens is 2. The summed E-state index contributed by atoms with van der Waals surface area (Å²) in [5.74, 6) is 0.544. The lowest BCUT2D eigenvalue weighted by atomic mass is 9.97. The molecule has 1 aliphatic heterocycles. The summed E-state index contributed by atoms with van der Waals surface area (Å²) in [6.07, 6.45) is 1.75. The van der Waals surface area contributed by atoms with E-state index in [1.807, 2.05) is 40.6 Å². The Bertz CT molecular complexity index is 1110. The van der Waals surface area contributed by atoms with Crippen molar-refractivity contribution in [1.29, 1.82) is 0 Å². The molecule has 3 heterocycles. The molecule has 1 atom stereocenters. The molecule has 0 aliphatic carbocycles. The number of carbonyl (C=O) groups is 1. The molecule has 1 unspecified atom stereocenters. The second-order valence-corrected chi connectivity index (χ2v) is 9.07. The Labute approximate surface area is 192 Å². The number of thiophene rings is 1. The minimum Gasteiger partial charge on any atom is -0.355 e. The van der Waals surface area contributed by atoms with Gasteiger partial charge < -0.3 is 15.1 Å². The van der Waals surface area contributed by atoms with Gasteiger partial charge in [-0.2, -0.15) is 0 Å². The first-order valence-electron chi connectivity index (χ1n) is 11.4. The van der Waals surface area contributed by atoms with Crippen LogP contribution in [-0.4, -0.2) is 60.0 Å². The number of benzene rings is 1. The number of fused-ring (bicyclic) bond motifs is 1. The average molecular weight is 454 g/mol. The first-order valence-corrected chi connectivity index (χ1v) is 12.3. The van der Waals surface area contributed by atoms with Gasteiger partial charge in [0.25, 0.3) is 5.56 Å². The number of amides is 1. The molecule has 2 aromatic heterocycles. The summed E-state index contributed by atoms with van der Waals surface area (Å²) in [7, 11) is 0. The molecule has 1 saturated heterocycles. The highest BCUT2D eigenvalue weighted by Crippen LogP contribution is 2.32. The average Bonchev–Trinajstić information content (AvgIpc) is 3.27. The zero-order valence-electron chi connectivity index (χ0n) is 18.8. The monoisotopic (exact) mass is 453 g/mol. The lowest BCUT2D eigenvalue weighted by Gasteiger charge is -2.32. The summed E-state index contributed by atoms with van der Waals surface area (Å²) in [5, 5.41) is 5.09. The van der Waals surface area contributed by atoms with Crippen LogP contribution < -0.4 is 15.8 Å². The van der Waals surface area contributed by atoms with Crippen molar-refractivity contribution in [2.45, 2.75) is 26.7 Å². The van der Waals surface area contributed by atoms with Crippen LogP contribution in [0.3, 0.4) is 0 Å². The van der Waals surface area contributed by atoms with Gasteiger partial charge >= 0.3 is 0 Å². The largest absolute Gasteiger partial charge is 0.355 e. The van der Waals surface area contributed by atoms with Crippen LogP contribution in [0.25, 0.3) is 21.3 Å². The fraction of sp³-hybridized carbons (Fsp3) is 0.458.